The maximum atomic E-state index is 11.6. The summed E-state index contributed by atoms with van der Waals surface area (Å²) in [5, 5.41) is 11.6. The van der Waals surface area contributed by atoms with Crippen LogP contribution in [0.3, 0.4) is 0 Å². The fourth-order valence-corrected chi connectivity index (χ4v) is 2.10. The lowest BCUT2D eigenvalue weighted by Gasteiger charge is -2.53. The van der Waals surface area contributed by atoms with Gasteiger partial charge in [0.25, 0.3) is 0 Å². The number of fused-ring (bicyclic) bond motifs is 3. The minimum Gasteiger partial charge on any atom is -0.633 e. The first-order valence-corrected chi connectivity index (χ1v) is 3.94. The Bertz CT molecular complexity index is 173. The van der Waals surface area contributed by atoms with Crippen LogP contribution in [-0.2, 0) is 0 Å². The van der Waals surface area contributed by atoms with E-state index in [1.807, 2.05) is 0 Å². The predicted octanol–water partition coefficient (Wildman–Crippen LogP) is 0.0969. The van der Waals surface area contributed by atoms with Crippen molar-refractivity contribution in [3.63, 3.8) is 0 Å². The first kappa shape index (κ1) is 8.82. The summed E-state index contributed by atoms with van der Waals surface area (Å²) in [7, 11) is 0. The summed E-state index contributed by atoms with van der Waals surface area (Å²) in [6.07, 6.45) is 2.17. The van der Waals surface area contributed by atoms with Crippen molar-refractivity contribution in [1.29, 1.82) is 0 Å². The molecule has 3 aliphatic rings. The third kappa shape index (κ3) is 1.35. The van der Waals surface area contributed by atoms with E-state index in [1.54, 1.807) is 0 Å². The normalized spacial score (nSPS) is 41.9. The zero-order valence-corrected chi connectivity index (χ0v) is 6.18. The van der Waals surface area contributed by atoms with Gasteiger partial charge >= 0.3 is 0 Å². The molecule has 3 fully saturated rings. The third-order valence-corrected chi connectivity index (χ3v) is 2.84. The molecule has 3 rings (SSSR count). The maximum absolute atomic E-state index is 11.6. The molecule has 3 heteroatoms. The van der Waals surface area contributed by atoms with Crippen LogP contribution in [0.4, 0.5) is 0 Å². The standard InChI is InChI=1S/C8H13NO.BH3/c1-7-6-9(10)4-2-8(7)3-5-9;/h8H,1-6H2;1H3. The molecular formula is C8H16BNO. The molecule has 0 atom stereocenters. The van der Waals surface area contributed by atoms with Gasteiger partial charge in [-0.2, -0.15) is 0 Å². The Kier molecular flexibility index (Phi) is 2.12. The van der Waals surface area contributed by atoms with Crippen LogP contribution in [0.2, 0.25) is 0 Å². The molecule has 3 saturated heterocycles. The van der Waals surface area contributed by atoms with Crippen LogP contribution >= 0.6 is 0 Å². The van der Waals surface area contributed by atoms with Gasteiger partial charge < -0.3 is 9.85 Å². The number of rotatable bonds is 0. The minimum atomic E-state index is 0. The molecule has 2 bridgehead atoms. The van der Waals surface area contributed by atoms with Gasteiger partial charge in [-0.05, 0) is 11.5 Å². The summed E-state index contributed by atoms with van der Waals surface area (Å²) in [6.45, 7) is 6.30. The highest BCUT2D eigenvalue weighted by Gasteiger charge is 2.35. The summed E-state index contributed by atoms with van der Waals surface area (Å²) in [5.74, 6) is 0.689. The molecule has 0 spiro atoms. The number of piperidine rings is 3. The number of quaternary nitrogens is 1. The summed E-state index contributed by atoms with van der Waals surface area (Å²) < 4.78 is 0.0231. The maximum Gasteiger partial charge on any atom is 0.100 e. The summed E-state index contributed by atoms with van der Waals surface area (Å²) in [5.41, 5.74) is 1.20. The van der Waals surface area contributed by atoms with Crippen molar-refractivity contribution in [2.24, 2.45) is 5.92 Å². The average Bonchev–Trinajstić information content (AvgIpc) is 1.87. The first-order valence-electron chi connectivity index (χ1n) is 3.94. The Morgan fingerprint density at radius 3 is 2.18 bits per heavy atom. The second kappa shape index (κ2) is 2.65. The molecule has 0 saturated carbocycles. The highest BCUT2D eigenvalue weighted by Crippen LogP contribution is 2.35. The van der Waals surface area contributed by atoms with Gasteiger partial charge in [0, 0.05) is 12.8 Å². The fourth-order valence-electron chi connectivity index (χ4n) is 2.10. The lowest BCUT2D eigenvalue weighted by molar-refractivity contribution is -0.889. The van der Waals surface area contributed by atoms with Crippen molar-refractivity contribution < 1.29 is 4.65 Å². The highest BCUT2D eigenvalue weighted by atomic mass is 16.5. The van der Waals surface area contributed by atoms with Crippen molar-refractivity contribution in [3.8, 4) is 0 Å². The van der Waals surface area contributed by atoms with Crippen LogP contribution in [0.1, 0.15) is 12.8 Å². The van der Waals surface area contributed by atoms with Crippen molar-refractivity contribution in [2.75, 3.05) is 19.6 Å². The average molecular weight is 153 g/mol. The minimum absolute atomic E-state index is 0. The second-order valence-corrected chi connectivity index (χ2v) is 3.60. The van der Waals surface area contributed by atoms with Crippen LogP contribution in [0.25, 0.3) is 0 Å². The summed E-state index contributed by atoms with van der Waals surface area (Å²) >= 11 is 0. The zero-order valence-electron chi connectivity index (χ0n) is 6.18. The molecular weight excluding hydrogens is 137 g/mol. The summed E-state index contributed by atoms with van der Waals surface area (Å²) in [4.78, 5) is 0. The van der Waals surface area contributed by atoms with E-state index in [1.165, 1.54) is 5.57 Å². The van der Waals surface area contributed by atoms with E-state index in [0.29, 0.717) is 12.5 Å². The lowest BCUT2D eigenvalue weighted by atomic mass is 9.84. The quantitative estimate of drug-likeness (QED) is 0.209. The third-order valence-electron chi connectivity index (χ3n) is 2.84. The van der Waals surface area contributed by atoms with Crippen LogP contribution in [0, 0.1) is 11.1 Å². The monoisotopic (exact) mass is 153 g/mol. The van der Waals surface area contributed by atoms with Crippen molar-refractivity contribution in [1.82, 2.24) is 0 Å². The number of hydrogen-bond donors (Lipinski definition) is 0. The molecule has 62 valence electrons. The topological polar surface area (TPSA) is 23.1 Å². The van der Waals surface area contributed by atoms with Gasteiger partial charge in [0.1, 0.15) is 6.54 Å². The van der Waals surface area contributed by atoms with Gasteiger partial charge in [-0.1, -0.05) is 6.58 Å². The van der Waals surface area contributed by atoms with E-state index >= 15 is 0 Å². The molecule has 3 heterocycles. The molecule has 0 radical (unpaired) electrons. The van der Waals surface area contributed by atoms with Gasteiger partial charge in [0.2, 0.25) is 0 Å². The van der Waals surface area contributed by atoms with Crippen LogP contribution in [0.15, 0.2) is 12.2 Å². The predicted molar refractivity (Wildman–Crippen MR) is 50.0 cm³/mol. The molecule has 11 heavy (non-hydrogen) atoms. The van der Waals surface area contributed by atoms with Crippen LogP contribution < -0.4 is 0 Å². The van der Waals surface area contributed by atoms with E-state index in [2.05, 4.69) is 6.58 Å². The van der Waals surface area contributed by atoms with Gasteiger partial charge in [0.05, 0.1) is 21.5 Å². The Hall–Kier alpha value is -0.275. The molecule has 0 amide bonds. The largest absolute Gasteiger partial charge is 0.633 e. The lowest BCUT2D eigenvalue weighted by Crippen LogP contribution is -2.54. The molecule has 3 aliphatic heterocycles. The van der Waals surface area contributed by atoms with Crippen molar-refractivity contribution in [2.45, 2.75) is 12.8 Å². The zero-order chi connectivity index (χ0) is 7.19. The van der Waals surface area contributed by atoms with Crippen LogP contribution in [0.5, 0.6) is 0 Å². The first-order chi connectivity index (χ1) is 4.70. The molecule has 0 N–H and O–H groups in total. The number of hydrogen-bond acceptors (Lipinski definition) is 1. The Morgan fingerprint density at radius 2 is 1.91 bits per heavy atom. The Morgan fingerprint density at radius 1 is 1.36 bits per heavy atom. The van der Waals surface area contributed by atoms with E-state index in [4.69, 9.17) is 0 Å². The van der Waals surface area contributed by atoms with Crippen LogP contribution in [-0.4, -0.2) is 32.7 Å². The molecule has 0 aromatic heterocycles. The second-order valence-electron chi connectivity index (χ2n) is 3.60. The molecule has 2 nitrogen and oxygen atoms in total. The fraction of sp³-hybridized carbons (Fsp3) is 0.750. The number of hydroxylamine groups is 3. The van der Waals surface area contributed by atoms with E-state index in [0.717, 1.165) is 25.9 Å². The van der Waals surface area contributed by atoms with E-state index < -0.39 is 0 Å². The van der Waals surface area contributed by atoms with Gasteiger partial charge in [0.15, 0.2) is 0 Å². The SMILES string of the molecule is B.C=C1C[N+]2([O-])CCC1CC2. The van der Waals surface area contributed by atoms with Gasteiger partial charge in [-0.15, -0.1) is 0 Å². The molecule has 0 aromatic rings. The van der Waals surface area contributed by atoms with Gasteiger partial charge in [-0.3, -0.25) is 0 Å². The van der Waals surface area contributed by atoms with Crippen molar-refractivity contribution in [3.05, 3.63) is 17.4 Å². The Labute approximate surface area is 69.6 Å². The van der Waals surface area contributed by atoms with E-state index in [-0.39, 0.29) is 13.1 Å². The van der Waals surface area contributed by atoms with Crippen molar-refractivity contribution >= 4 is 8.41 Å². The van der Waals surface area contributed by atoms with Gasteiger partial charge in [-0.25, -0.2) is 0 Å². The Balaban J connectivity index is 0.000000605. The molecule has 0 aliphatic carbocycles. The number of nitrogens with zero attached hydrogens (tertiary/aromatic N) is 1. The summed E-state index contributed by atoms with van der Waals surface area (Å²) in [6, 6.07) is 0. The molecule has 0 unspecified atom stereocenters. The van der Waals surface area contributed by atoms with E-state index in [9.17, 15) is 5.21 Å². The molecule has 0 aromatic carbocycles. The highest BCUT2D eigenvalue weighted by molar-refractivity contribution is 5.75. The smallest absolute Gasteiger partial charge is 0.100 e.